The summed E-state index contributed by atoms with van der Waals surface area (Å²) in [4.78, 5) is 12.2. The van der Waals surface area contributed by atoms with Gasteiger partial charge in [-0.15, -0.1) is 10.2 Å². The van der Waals surface area contributed by atoms with Crippen LogP contribution in [-0.2, 0) is 9.53 Å². The Kier molecular flexibility index (Phi) is 3.21. The Morgan fingerprint density at radius 1 is 1.40 bits per heavy atom. The van der Waals surface area contributed by atoms with Crippen LogP contribution in [0.5, 0.6) is 0 Å². The molecule has 1 saturated heterocycles. The molecule has 0 saturated carbocycles. The minimum absolute atomic E-state index is 0.226. The number of nitrogens with zero attached hydrogens (tertiary/aromatic N) is 3. The molecule has 1 aromatic heterocycles. The van der Waals surface area contributed by atoms with Crippen LogP contribution in [0.1, 0.15) is 6.42 Å². The zero-order valence-electron chi connectivity index (χ0n) is 10.8. The fourth-order valence-electron chi connectivity index (χ4n) is 2.09. The van der Waals surface area contributed by atoms with E-state index in [0.717, 1.165) is 5.69 Å². The average molecular weight is 273 g/mol. The van der Waals surface area contributed by atoms with Crippen LogP contribution in [0.15, 0.2) is 36.9 Å². The van der Waals surface area contributed by atoms with Gasteiger partial charge in [0.05, 0.1) is 12.3 Å². The van der Waals surface area contributed by atoms with E-state index in [9.17, 15) is 4.79 Å². The summed E-state index contributed by atoms with van der Waals surface area (Å²) in [6.07, 6.45) is 3.72. The van der Waals surface area contributed by atoms with E-state index in [4.69, 9.17) is 10.5 Å². The van der Waals surface area contributed by atoms with Crippen molar-refractivity contribution < 1.29 is 9.53 Å². The first-order valence-electron chi connectivity index (χ1n) is 6.31. The molecule has 1 aliphatic heterocycles. The van der Waals surface area contributed by atoms with Gasteiger partial charge < -0.3 is 15.8 Å². The second kappa shape index (κ2) is 5.03. The van der Waals surface area contributed by atoms with E-state index in [1.165, 1.54) is 0 Å². The van der Waals surface area contributed by atoms with Gasteiger partial charge in [-0.1, -0.05) is 6.07 Å². The van der Waals surface area contributed by atoms with Crippen molar-refractivity contribution in [2.24, 2.45) is 5.73 Å². The van der Waals surface area contributed by atoms with Gasteiger partial charge in [0.25, 0.3) is 0 Å². The standard InChI is InChI=1S/C13H15N5O2/c14-13(4-5-20-7-13)12(19)17-10-2-1-3-11(6-10)18-8-15-16-9-18/h1-3,6,8-9H,4-5,7,14H2,(H,17,19). The Morgan fingerprint density at radius 2 is 2.20 bits per heavy atom. The molecular weight excluding hydrogens is 258 g/mol. The van der Waals surface area contributed by atoms with Crippen molar-refractivity contribution in [3.8, 4) is 5.69 Å². The van der Waals surface area contributed by atoms with E-state index in [1.807, 2.05) is 24.3 Å². The van der Waals surface area contributed by atoms with E-state index in [0.29, 0.717) is 18.7 Å². The number of nitrogens with two attached hydrogens (primary N) is 1. The number of ether oxygens (including phenoxy) is 1. The first-order valence-corrected chi connectivity index (χ1v) is 6.31. The predicted molar refractivity (Wildman–Crippen MR) is 72.3 cm³/mol. The van der Waals surface area contributed by atoms with Crippen molar-refractivity contribution in [2.45, 2.75) is 12.0 Å². The SMILES string of the molecule is NC1(C(=O)Nc2cccc(-n3cnnc3)c2)CCOC1. The molecule has 3 N–H and O–H groups in total. The molecule has 20 heavy (non-hydrogen) atoms. The number of aromatic nitrogens is 3. The summed E-state index contributed by atoms with van der Waals surface area (Å²) in [5.74, 6) is -0.226. The zero-order valence-corrected chi connectivity index (χ0v) is 10.8. The van der Waals surface area contributed by atoms with Crippen LogP contribution in [0.2, 0.25) is 0 Å². The van der Waals surface area contributed by atoms with Crippen molar-refractivity contribution in [1.82, 2.24) is 14.8 Å². The number of hydrogen-bond donors (Lipinski definition) is 2. The van der Waals surface area contributed by atoms with E-state index in [1.54, 1.807) is 17.2 Å². The van der Waals surface area contributed by atoms with Gasteiger partial charge in [0.1, 0.15) is 18.2 Å². The molecule has 0 radical (unpaired) electrons. The molecule has 1 fully saturated rings. The number of anilines is 1. The van der Waals surface area contributed by atoms with Gasteiger partial charge in [0.15, 0.2) is 0 Å². The van der Waals surface area contributed by atoms with Crippen molar-refractivity contribution in [3.63, 3.8) is 0 Å². The fourth-order valence-corrected chi connectivity index (χ4v) is 2.09. The molecule has 2 heterocycles. The first-order chi connectivity index (χ1) is 9.67. The molecule has 0 spiro atoms. The largest absolute Gasteiger partial charge is 0.379 e. The van der Waals surface area contributed by atoms with Gasteiger partial charge in [0, 0.05) is 12.3 Å². The number of benzene rings is 1. The monoisotopic (exact) mass is 273 g/mol. The van der Waals surface area contributed by atoms with E-state index < -0.39 is 5.54 Å². The van der Waals surface area contributed by atoms with E-state index >= 15 is 0 Å². The Bertz CT molecular complexity index is 605. The normalized spacial score (nSPS) is 21.9. The van der Waals surface area contributed by atoms with Crippen LogP contribution in [-0.4, -0.2) is 39.4 Å². The topological polar surface area (TPSA) is 95.1 Å². The summed E-state index contributed by atoms with van der Waals surface area (Å²) in [7, 11) is 0. The maximum atomic E-state index is 12.2. The van der Waals surface area contributed by atoms with Crippen LogP contribution in [0, 0.1) is 0 Å². The maximum absolute atomic E-state index is 12.2. The highest BCUT2D eigenvalue weighted by molar-refractivity contribution is 5.98. The van der Waals surface area contributed by atoms with Crippen LogP contribution in [0.3, 0.4) is 0 Å². The van der Waals surface area contributed by atoms with Gasteiger partial charge >= 0.3 is 0 Å². The summed E-state index contributed by atoms with van der Waals surface area (Å²) in [5.41, 5.74) is 6.62. The third kappa shape index (κ3) is 2.40. The first kappa shape index (κ1) is 12.8. The highest BCUT2D eigenvalue weighted by Crippen LogP contribution is 2.19. The van der Waals surface area contributed by atoms with Crippen LogP contribution < -0.4 is 11.1 Å². The molecule has 7 heteroatoms. The van der Waals surface area contributed by atoms with Crippen LogP contribution in [0.4, 0.5) is 5.69 Å². The lowest BCUT2D eigenvalue weighted by Gasteiger charge is -2.20. The number of hydrogen-bond acceptors (Lipinski definition) is 5. The number of nitrogens with one attached hydrogen (secondary N) is 1. The summed E-state index contributed by atoms with van der Waals surface area (Å²) < 4.78 is 6.95. The molecule has 1 atom stereocenters. The quantitative estimate of drug-likeness (QED) is 0.840. The fraction of sp³-hybridized carbons (Fsp3) is 0.308. The Labute approximate surface area is 115 Å². The minimum Gasteiger partial charge on any atom is -0.379 e. The number of carbonyl (C=O) groups excluding carboxylic acids is 1. The third-order valence-electron chi connectivity index (χ3n) is 3.33. The number of rotatable bonds is 3. The second-order valence-corrected chi connectivity index (χ2v) is 4.83. The predicted octanol–water partition coefficient (Wildman–Crippen LogP) is 0.324. The minimum atomic E-state index is -0.938. The molecule has 1 amide bonds. The Hall–Kier alpha value is -2.25. The molecule has 3 rings (SSSR count). The zero-order chi connectivity index (χ0) is 14.0. The lowest BCUT2D eigenvalue weighted by atomic mass is 9.99. The van der Waals surface area contributed by atoms with Crippen molar-refractivity contribution in [1.29, 1.82) is 0 Å². The molecule has 2 aromatic rings. The lowest BCUT2D eigenvalue weighted by molar-refractivity contribution is -0.121. The molecule has 1 unspecified atom stereocenters. The molecular formula is C13H15N5O2. The van der Waals surface area contributed by atoms with Crippen LogP contribution in [0.25, 0.3) is 5.69 Å². The van der Waals surface area contributed by atoms with Crippen molar-refractivity contribution in [3.05, 3.63) is 36.9 Å². The summed E-state index contributed by atoms with van der Waals surface area (Å²) in [6.45, 7) is 0.772. The highest BCUT2D eigenvalue weighted by atomic mass is 16.5. The second-order valence-electron chi connectivity index (χ2n) is 4.83. The third-order valence-corrected chi connectivity index (χ3v) is 3.33. The van der Waals surface area contributed by atoms with Gasteiger partial charge in [0.2, 0.25) is 5.91 Å². The summed E-state index contributed by atoms with van der Waals surface area (Å²) in [6, 6.07) is 7.39. The molecule has 7 nitrogen and oxygen atoms in total. The maximum Gasteiger partial charge on any atom is 0.246 e. The van der Waals surface area contributed by atoms with E-state index in [2.05, 4.69) is 15.5 Å². The van der Waals surface area contributed by atoms with E-state index in [-0.39, 0.29) is 12.5 Å². The average Bonchev–Trinajstić information content (AvgIpc) is 3.11. The summed E-state index contributed by atoms with van der Waals surface area (Å²) >= 11 is 0. The Balaban J connectivity index is 1.78. The van der Waals surface area contributed by atoms with Gasteiger partial charge in [-0.25, -0.2) is 0 Å². The summed E-state index contributed by atoms with van der Waals surface area (Å²) in [5, 5.41) is 10.3. The lowest BCUT2D eigenvalue weighted by Crippen LogP contribution is -2.51. The van der Waals surface area contributed by atoms with Gasteiger partial charge in [-0.05, 0) is 24.6 Å². The van der Waals surface area contributed by atoms with Crippen molar-refractivity contribution in [2.75, 3.05) is 18.5 Å². The number of amides is 1. The van der Waals surface area contributed by atoms with Crippen LogP contribution >= 0.6 is 0 Å². The van der Waals surface area contributed by atoms with Crippen molar-refractivity contribution >= 4 is 11.6 Å². The molecule has 104 valence electrons. The number of carbonyl (C=O) groups is 1. The smallest absolute Gasteiger partial charge is 0.246 e. The highest BCUT2D eigenvalue weighted by Gasteiger charge is 2.38. The molecule has 1 aromatic carbocycles. The molecule has 0 bridgehead atoms. The molecule has 0 aliphatic carbocycles. The van der Waals surface area contributed by atoms with Gasteiger partial charge in [-0.3, -0.25) is 9.36 Å². The molecule has 1 aliphatic rings. The van der Waals surface area contributed by atoms with Gasteiger partial charge in [-0.2, -0.15) is 0 Å². The Morgan fingerprint density at radius 3 is 2.90 bits per heavy atom.